The molecule has 2 aromatic rings. The summed E-state index contributed by atoms with van der Waals surface area (Å²) in [5.74, 6) is -0.0799. The molecule has 0 spiro atoms. The number of amides is 1. The Hall–Kier alpha value is -2.12. The summed E-state index contributed by atoms with van der Waals surface area (Å²) in [6, 6.07) is 8.00. The quantitative estimate of drug-likeness (QED) is 0.374. The van der Waals surface area contributed by atoms with E-state index in [0.29, 0.717) is 21.3 Å². The number of nitrogens with zero attached hydrogens (tertiary/aromatic N) is 3. The second-order valence-electron chi connectivity index (χ2n) is 7.88. The number of rotatable bonds is 6. The van der Waals surface area contributed by atoms with Gasteiger partial charge in [-0.15, -0.1) is 0 Å². The van der Waals surface area contributed by atoms with Crippen molar-refractivity contribution in [2.45, 2.75) is 39.0 Å². The predicted molar refractivity (Wildman–Crippen MR) is 130 cm³/mol. The summed E-state index contributed by atoms with van der Waals surface area (Å²) in [5.41, 5.74) is 2.37. The Bertz CT molecular complexity index is 1080. The second-order valence-corrected chi connectivity index (χ2v) is 9.55. The van der Waals surface area contributed by atoms with E-state index in [1.54, 1.807) is 22.6 Å². The van der Waals surface area contributed by atoms with Gasteiger partial charge in [0.15, 0.2) is 0 Å². The van der Waals surface area contributed by atoms with Gasteiger partial charge in [-0.05, 0) is 31.4 Å². The Kier molecular flexibility index (Phi) is 6.29. The van der Waals surface area contributed by atoms with Gasteiger partial charge >= 0.3 is 0 Å². The average molecular weight is 442 g/mol. The number of hydrogen-bond donors (Lipinski definition) is 0. The van der Waals surface area contributed by atoms with Crippen molar-refractivity contribution in [3.8, 4) is 0 Å². The first-order valence-corrected chi connectivity index (χ1v) is 11.9. The third-order valence-electron chi connectivity index (χ3n) is 5.87. The number of thiocarbonyl (C=S) groups is 1. The van der Waals surface area contributed by atoms with Gasteiger partial charge in [0, 0.05) is 32.1 Å². The summed E-state index contributed by atoms with van der Waals surface area (Å²) in [4.78, 5) is 30.9. The SMILES string of the molecule is CCCCCN1C(=O)C(=Cc2c(N3CCCC3)c3ccccc3n(C)c2=O)SC1=S. The molecule has 1 aromatic carbocycles. The number of hydrogen-bond acceptors (Lipinski definition) is 5. The molecule has 5 nitrogen and oxygen atoms in total. The average Bonchev–Trinajstić information content (AvgIpc) is 3.36. The number of para-hydroxylation sites is 1. The van der Waals surface area contributed by atoms with Crippen molar-refractivity contribution in [3.05, 3.63) is 45.1 Å². The summed E-state index contributed by atoms with van der Waals surface area (Å²) < 4.78 is 2.27. The molecule has 7 heteroatoms. The number of carbonyl (C=O) groups is 1. The fraction of sp³-hybridized carbons (Fsp3) is 0.435. The summed E-state index contributed by atoms with van der Waals surface area (Å²) in [5, 5.41) is 1.05. The zero-order valence-corrected chi connectivity index (χ0v) is 19.2. The number of benzene rings is 1. The lowest BCUT2D eigenvalue weighted by molar-refractivity contribution is -0.122. The molecule has 0 aliphatic carbocycles. The molecule has 4 rings (SSSR count). The number of fused-ring (bicyclic) bond motifs is 1. The molecule has 0 unspecified atom stereocenters. The van der Waals surface area contributed by atoms with Gasteiger partial charge in [-0.2, -0.15) is 0 Å². The van der Waals surface area contributed by atoms with Crippen LogP contribution in [0, 0.1) is 0 Å². The van der Waals surface area contributed by atoms with E-state index in [1.807, 2.05) is 18.2 Å². The zero-order valence-electron chi connectivity index (χ0n) is 17.5. The Balaban J connectivity index is 1.82. The lowest BCUT2D eigenvalue weighted by Gasteiger charge is -2.23. The third kappa shape index (κ3) is 3.81. The van der Waals surface area contributed by atoms with E-state index in [0.717, 1.165) is 61.8 Å². The first-order valence-electron chi connectivity index (χ1n) is 10.6. The molecule has 1 aromatic heterocycles. The molecule has 0 atom stereocenters. The Labute approximate surface area is 186 Å². The molecule has 158 valence electrons. The molecule has 2 fully saturated rings. The number of aromatic nitrogens is 1. The van der Waals surface area contributed by atoms with Crippen LogP contribution in [-0.4, -0.2) is 39.3 Å². The van der Waals surface area contributed by atoms with E-state index >= 15 is 0 Å². The molecule has 0 saturated carbocycles. The van der Waals surface area contributed by atoms with E-state index in [9.17, 15) is 9.59 Å². The molecular formula is C23H27N3O2S2. The topological polar surface area (TPSA) is 45.6 Å². The zero-order chi connectivity index (χ0) is 21.3. The Morgan fingerprint density at radius 1 is 1.13 bits per heavy atom. The molecule has 0 bridgehead atoms. The Morgan fingerprint density at radius 3 is 2.60 bits per heavy atom. The van der Waals surface area contributed by atoms with E-state index in [1.165, 1.54) is 11.8 Å². The highest BCUT2D eigenvalue weighted by Crippen LogP contribution is 2.37. The van der Waals surface area contributed by atoms with Gasteiger partial charge in [0.2, 0.25) is 0 Å². The van der Waals surface area contributed by atoms with Crippen LogP contribution < -0.4 is 10.5 Å². The third-order valence-corrected chi connectivity index (χ3v) is 7.25. The van der Waals surface area contributed by atoms with E-state index in [2.05, 4.69) is 17.9 Å². The van der Waals surface area contributed by atoms with Crippen LogP contribution in [0.1, 0.15) is 44.6 Å². The van der Waals surface area contributed by atoms with Crippen molar-refractivity contribution in [2.75, 3.05) is 24.5 Å². The van der Waals surface area contributed by atoms with Gasteiger partial charge in [-0.3, -0.25) is 14.5 Å². The molecule has 30 heavy (non-hydrogen) atoms. The molecule has 3 heterocycles. The van der Waals surface area contributed by atoms with Gasteiger partial charge in [0.05, 0.1) is 21.7 Å². The van der Waals surface area contributed by atoms with Crippen LogP contribution in [0.2, 0.25) is 0 Å². The van der Waals surface area contributed by atoms with Crippen molar-refractivity contribution in [1.82, 2.24) is 9.47 Å². The summed E-state index contributed by atoms with van der Waals surface area (Å²) in [6.45, 7) is 4.64. The number of aryl methyl sites for hydroxylation is 1. The maximum absolute atomic E-state index is 13.4. The molecule has 1 amide bonds. The number of pyridine rings is 1. The van der Waals surface area contributed by atoms with Gasteiger partial charge in [-0.25, -0.2) is 0 Å². The van der Waals surface area contributed by atoms with Crippen LogP contribution in [0.5, 0.6) is 0 Å². The highest BCUT2D eigenvalue weighted by molar-refractivity contribution is 8.26. The van der Waals surface area contributed by atoms with Gasteiger partial charge in [-0.1, -0.05) is 61.9 Å². The van der Waals surface area contributed by atoms with Crippen molar-refractivity contribution < 1.29 is 4.79 Å². The fourth-order valence-electron chi connectivity index (χ4n) is 4.26. The van der Waals surface area contributed by atoms with Crippen LogP contribution >= 0.6 is 24.0 Å². The minimum absolute atomic E-state index is 0.0770. The monoisotopic (exact) mass is 441 g/mol. The lowest BCUT2D eigenvalue weighted by atomic mass is 10.1. The van der Waals surface area contributed by atoms with Crippen molar-refractivity contribution in [3.63, 3.8) is 0 Å². The summed E-state index contributed by atoms with van der Waals surface area (Å²) >= 11 is 6.78. The number of anilines is 1. The maximum Gasteiger partial charge on any atom is 0.266 e. The smallest absolute Gasteiger partial charge is 0.266 e. The van der Waals surface area contributed by atoms with Crippen molar-refractivity contribution in [1.29, 1.82) is 0 Å². The predicted octanol–water partition coefficient (Wildman–Crippen LogP) is 4.53. The first kappa shape index (κ1) is 21.1. The van der Waals surface area contributed by atoms with Gasteiger partial charge in [0.1, 0.15) is 4.32 Å². The Morgan fingerprint density at radius 2 is 1.87 bits per heavy atom. The van der Waals surface area contributed by atoms with E-state index < -0.39 is 0 Å². The molecule has 0 radical (unpaired) electrons. The van der Waals surface area contributed by atoms with Crippen molar-refractivity contribution in [2.24, 2.45) is 7.05 Å². The number of carbonyl (C=O) groups excluding carboxylic acids is 1. The minimum atomic E-state index is -0.0799. The van der Waals surface area contributed by atoms with E-state index in [-0.39, 0.29) is 11.5 Å². The van der Waals surface area contributed by atoms with Gasteiger partial charge in [0.25, 0.3) is 11.5 Å². The van der Waals surface area contributed by atoms with Crippen molar-refractivity contribution >= 4 is 56.9 Å². The highest BCUT2D eigenvalue weighted by Gasteiger charge is 2.32. The maximum atomic E-state index is 13.4. The summed E-state index contributed by atoms with van der Waals surface area (Å²) in [6.07, 6.45) is 7.11. The van der Waals surface area contributed by atoms with E-state index in [4.69, 9.17) is 12.2 Å². The number of unbranched alkanes of at least 4 members (excludes halogenated alkanes) is 2. The molecule has 2 aliphatic rings. The molecular weight excluding hydrogens is 414 g/mol. The molecule has 0 N–H and O–H groups in total. The first-order chi connectivity index (χ1) is 14.5. The normalized spacial score (nSPS) is 18.4. The lowest BCUT2D eigenvalue weighted by Crippen LogP contribution is -2.29. The fourth-order valence-corrected chi connectivity index (χ4v) is 5.55. The summed E-state index contributed by atoms with van der Waals surface area (Å²) in [7, 11) is 1.80. The highest BCUT2D eigenvalue weighted by atomic mass is 32.2. The number of thioether (sulfide) groups is 1. The van der Waals surface area contributed by atoms with Crippen LogP contribution in [-0.2, 0) is 11.8 Å². The largest absolute Gasteiger partial charge is 0.370 e. The standard InChI is InChI=1S/C23H27N3O2S2/c1-3-4-7-14-26-22(28)19(30-23(26)29)15-17-20(25-12-8-9-13-25)16-10-5-6-11-18(16)24(2)21(17)27/h5-6,10-11,15H,3-4,7-9,12-14H2,1-2H3. The minimum Gasteiger partial charge on any atom is -0.370 e. The molecule has 2 saturated heterocycles. The van der Waals surface area contributed by atoms with Gasteiger partial charge < -0.3 is 9.47 Å². The van der Waals surface area contributed by atoms with Crippen LogP contribution in [0.4, 0.5) is 5.69 Å². The van der Waals surface area contributed by atoms with Crippen LogP contribution in [0.25, 0.3) is 17.0 Å². The van der Waals surface area contributed by atoms with Crippen LogP contribution in [0.15, 0.2) is 34.0 Å². The van der Waals surface area contributed by atoms with Crippen LogP contribution in [0.3, 0.4) is 0 Å². The molecule has 2 aliphatic heterocycles. The second kappa shape index (κ2) is 8.94.